The van der Waals surface area contributed by atoms with Crippen LogP contribution in [-0.2, 0) is 4.74 Å². The van der Waals surface area contributed by atoms with Crippen LogP contribution in [0.2, 0.25) is 0 Å². The van der Waals surface area contributed by atoms with Gasteiger partial charge in [-0.1, -0.05) is 44.2 Å². The third kappa shape index (κ3) is 2.56. The van der Waals surface area contributed by atoms with Gasteiger partial charge in [0.15, 0.2) is 0 Å². The molecule has 0 amide bonds. The van der Waals surface area contributed by atoms with Gasteiger partial charge in [0.25, 0.3) is 0 Å². The van der Waals surface area contributed by atoms with Gasteiger partial charge in [0.1, 0.15) is 0 Å². The van der Waals surface area contributed by atoms with E-state index in [1.807, 2.05) is 0 Å². The van der Waals surface area contributed by atoms with Crippen molar-refractivity contribution in [3.8, 4) is 0 Å². The van der Waals surface area contributed by atoms with Crippen molar-refractivity contribution in [2.24, 2.45) is 0 Å². The van der Waals surface area contributed by atoms with Crippen LogP contribution < -0.4 is 0 Å². The molecule has 0 aliphatic rings. The van der Waals surface area contributed by atoms with E-state index in [4.69, 9.17) is 4.74 Å². The first-order valence-electron chi connectivity index (χ1n) is 6.72. The first-order valence-corrected chi connectivity index (χ1v) is 6.72. The fourth-order valence-electron chi connectivity index (χ4n) is 2.21. The van der Waals surface area contributed by atoms with Gasteiger partial charge in [0.05, 0.1) is 6.10 Å². The zero-order valence-electron chi connectivity index (χ0n) is 11.7. The van der Waals surface area contributed by atoms with Crippen molar-refractivity contribution in [2.75, 3.05) is 7.11 Å². The lowest BCUT2D eigenvalue weighted by molar-refractivity contribution is 0.119. The van der Waals surface area contributed by atoms with E-state index in [1.165, 1.54) is 28.3 Å². The molecule has 2 unspecified atom stereocenters. The molecule has 0 aliphatic heterocycles. The summed E-state index contributed by atoms with van der Waals surface area (Å²) >= 11 is 0. The summed E-state index contributed by atoms with van der Waals surface area (Å²) in [5.41, 5.74) is 2.67. The van der Waals surface area contributed by atoms with Gasteiger partial charge in [-0.05, 0) is 47.2 Å². The molecule has 96 valence electrons. The smallest absolute Gasteiger partial charge is 0.0793 e. The molecule has 0 bridgehead atoms. The Balaban J connectivity index is 2.42. The standard InChI is InChI=1S/C17H22O/c1-5-12(2)14-6-8-17-11-15(13(3)18-4)7-9-16(17)10-14/h6-13H,5H2,1-4H3. The third-order valence-corrected chi connectivity index (χ3v) is 3.89. The van der Waals surface area contributed by atoms with Crippen molar-refractivity contribution < 1.29 is 4.74 Å². The minimum Gasteiger partial charge on any atom is -0.377 e. The fraction of sp³-hybridized carbons (Fsp3) is 0.412. The van der Waals surface area contributed by atoms with E-state index in [0.29, 0.717) is 5.92 Å². The largest absolute Gasteiger partial charge is 0.377 e. The average molecular weight is 242 g/mol. The number of methoxy groups -OCH3 is 1. The molecule has 0 aliphatic carbocycles. The summed E-state index contributed by atoms with van der Waals surface area (Å²) in [4.78, 5) is 0. The summed E-state index contributed by atoms with van der Waals surface area (Å²) in [7, 11) is 1.75. The Kier molecular flexibility index (Phi) is 4.03. The maximum atomic E-state index is 5.36. The molecule has 0 fully saturated rings. The van der Waals surface area contributed by atoms with Gasteiger partial charge in [0.2, 0.25) is 0 Å². The number of fused-ring (bicyclic) bond motifs is 1. The van der Waals surface area contributed by atoms with E-state index in [1.54, 1.807) is 7.11 Å². The molecular weight excluding hydrogens is 220 g/mol. The second-order valence-corrected chi connectivity index (χ2v) is 5.05. The van der Waals surface area contributed by atoms with Crippen LogP contribution in [0.5, 0.6) is 0 Å². The van der Waals surface area contributed by atoms with E-state index >= 15 is 0 Å². The highest BCUT2D eigenvalue weighted by Gasteiger charge is 2.07. The lowest BCUT2D eigenvalue weighted by Gasteiger charge is -2.13. The molecule has 2 aromatic carbocycles. The van der Waals surface area contributed by atoms with Crippen molar-refractivity contribution in [2.45, 2.75) is 39.2 Å². The molecule has 0 radical (unpaired) electrons. The predicted octanol–water partition coefficient (Wildman–Crippen LogP) is 5.06. The van der Waals surface area contributed by atoms with Crippen LogP contribution in [0.4, 0.5) is 0 Å². The topological polar surface area (TPSA) is 9.23 Å². The lowest BCUT2D eigenvalue weighted by atomic mass is 9.95. The molecule has 1 nitrogen and oxygen atoms in total. The summed E-state index contributed by atoms with van der Waals surface area (Å²) in [6.07, 6.45) is 1.34. The van der Waals surface area contributed by atoms with Crippen LogP contribution in [0, 0.1) is 0 Å². The Morgan fingerprint density at radius 3 is 2.06 bits per heavy atom. The number of ether oxygens (including phenoxy) is 1. The van der Waals surface area contributed by atoms with Crippen molar-refractivity contribution in [1.29, 1.82) is 0 Å². The Labute approximate surface area is 110 Å². The zero-order valence-corrected chi connectivity index (χ0v) is 11.7. The molecule has 1 heteroatoms. The molecule has 18 heavy (non-hydrogen) atoms. The van der Waals surface area contributed by atoms with Crippen LogP contribution in [0.15, 0.2) is 36.4 Å². The van der Waals surface area contributed by atoms with Crippen LogP contribution >= 0.6 is 0 Å². The molecule has 0 spiro atoms. The SMILES string of the molecule is CCC(C)c1ccc2cc(C(C)OC)ccc2c1. The molecule has 0 saturated carbocycles. The van der Waals surface area contributed by atoms with E-state index in [0.717, 1.165) is 0 Å². The van der Waals surface area contributed by atoms with Crippen LogP contribution in [0.1, 0.15) is 50.3 Å². The van der Waals surface area contributed by atoms with Gasteiger partial charge in [0, 0.05) is 7.11 Å². The van der Waals surface area contributed by atoms with Crippen LogP contribution in [0.25, 0.3) is 10.8 Å². The second-order valence-electron chi connectivity index (χ2n) is 5.05. The van der Waals surface area contributed by atoms with Gasteiger partial charge >= 0.3 is 0 Å². The van der Waals surface area contributed by atoms with Gasteiger partial charge in [-0.2, -0.15) is 0 Å². The van der Waals surface area contributed by atoms with Gasteiger partial charge < -0.3 is 4.74 Å². The third-order valence-electron chi connectivity index (χ3n) is 3.89. The zero-order chi connectivity index (χ0) is 13.1. The summed E-state index contributed by atoms with van der Waals surface area (Å²) in [6.45, 7) is 6.59. The molecule has 0 saturated heterocycles. The van der Waals surface area contributed by atoms with E-state index in [9.17, 15) is 0 Å². The average Bonchev–Trinajstić information content (AvgIpc) is 2.44. The van der Waals surface area contributed by atoms with Crippen molar-refractivity contribution in [3.05, 3.63) is 47.5 Å². The summed E-state index contributed by atoms with van der Waals surface area (Å²) < 4.78 is 5.36. The monoisotopic (exact) mass is 242 g/mol. The number of hydrogen-bond acceptors (Lipinski definition) is 1. The molecule has 0 N–H and O–H groups in total. The van der Waals surface area contributed by atoms with E-state index in [2.05, 4.69) is 57.2 Å². The molecule has 0 heterocycles. The van der Waals surface area contributed by atoms with Gasteiger partial charge in [-0.15, -0.1) is 0 Å². The van der Waals surface area contributed by atoms with Crippen LogP contribution in [-0.4, -0.2) is 7.11 Å². The lowest BCUT2D eigenvalue weighted by Crippen LogP contribution is -1.96. The molecule has 2 rings (SSSR count). The normalized spacial score (nSPS) is 14.7. The summed E-state index contributed by atoms with van der Waals surface area (Å²) in [5, 5.41) is 2.61. The maximum Gasteiger partial charge on any atom is 0.0793 e. The Bertz CT molecular complexity index is 481. The molecule has 0 aromatic heterocycles. The van der Waals surface area contributed by atoms with Crippen molar-refractivity contribution >= 4 is 10.8 Å². The Hall–Kier alpha value is -1.34. The van der Waals surface area contributed by atoms with Crippen molar-refractivity contribution in [3.63, 3.8) is 0 Å². The summed E-state index contributed by atoms with van der Waals surface area (Å²) in [6, 6.07) is 13.4. The highest BCUT2D eigenvalue weighted by atomic mass is 16.5. The number of hydrogen-bond donors (Lipinski definition) is 0. The first-order chi connectivity index (χ1) is 8.65. The fourth-order valence-corrected chi connectivity index (χ4v) is 2.21. The summed E-state index contributed by atoms with van der Waals surface area (Å²) in [5.74, 6) is 0.631. The van der Waals surface area contributed by atoms with Gasteiger partial charge in [-0.25, -0.2) is 0 Å². The van der Waals surface area contributed by atoms with E-state index < -0.39 is 0 Å². The Morgan fingerprint density at radius 2 is 1.50 bits per heavy atom. The minimum absolute atomic E-state index is 0.156. The Morgan fingerprint density at radius 1 is 0.944 bits per heavy atom. The predicted molar refractivity (Wildman–Crippen MR) is 78.1 cm³/mol. The van der Waals surface area contributed by atoms with Crippen LogP contribution in [0.3, 0.4) is 0 Å². The molecule has 2 aromatic rings. The highest BCUT2D eigenvalue weighted by Crippen LogP contribution is 2.26. The first kappa shape index (κ1) is 13.1. The maximum absolute atomic E-state index is 5.36. The number of rotatable bonds is 4. The van der Waals surface area contributed by atoms with E-state index in [-0.39, 0.29) is 6.10 Å². The van der Waals surface area contributed by atoms with Gasteiger partial charge in [-0.3, -0.25) is 0 Å². The quantitative estimate of drug-likeness (QED) is 0.728. The minimum atomic E-state index is 0.156. The van der Waals surface area contributed by atoms with Crippen molar-refractivity contribution in [1.82, 2.24) is 0 Å². The number of benzene rings is 2. The molecule has 2 atom stereocenters. The highest BCUT2D eigenvalue weighted by molar-refractivity contribution is 5.84. The molecular formula is C17H22O. The second kappa shape index (κ2) is 5.53.